The van der Waals surface area contributed by atoms with Crippen molar-refractivity contribution in [2.45, 2.75) is 18.5 Å². The summed E-state index contributed by atoms with van der Waals surface area (Å²) in [5.41, 5.74) is -1.63. The molecule has 134 valence electrons. The number of hydrogen-bond acceptors (Lipinski definition) is 6. The number of rotatable bonds is 4. The topological polar surface area (TPSA) is 95.9 Å². The summed E-state index contributed by atoms with van der Waals surface area (Å²) in [5, 5.41) is 12.8. The number of methoxy groups -OCH3 is 1. The minimum absolute atomic E-state index is 0.136. The molecule has 0 bridgehead atoms. The number of amides is 2. The normalized spacial score (nSPS) is 31.4. The molecule has 2 amide bonds. The van der Waals surface area contributed by atoms with Gasteiger partial charge in [0.1, 0.15) is 5.82 Å². The lowest BCUT2D eigenvalue weighted by atomic mass is 9.79. The van der Waals surface area contributed by atoms with Crippen LogP contribution in [0.1, 0.15) is 18.5 Å². The van der Waals surface area contributed by atoms with Gasteiger partial charge in [0, 0.05) is 18.2 Å². The number of esters is 1. The third-order valence-electron chi connectivity index (χ3n) is 5.10. The first kappa shape index (κ1) is 17.5. The molecule has 2 saturated heterocycles. The SMILES string of the molecule is CCN1C(=O)[C@H]2[C@@H](C1=O)[C@@](CO)(C(=O)OC)N[C@H]2c1ccccc1F. The second-order valence-corrected chi connectivity index (χ2v) is 6.19. The molecule has 2 fully saturated rings. The maximum atomic E-state index is 14.3. The summed E-state index contributed by atoms with van der Waals surface area (Å²) in [7, 11) is 1.13. The van der Waals surface area contributed by atoms with Crippen LogP contribution in [0.25, 0.3) is 0 Å². The van der Waals surface area contributed by atoms with Crippen LogP contribution >= 0.6 is 0 Å². The van der Waals surface area contributed by atoms with E-state index in [0.717, 1.165) is 12.0 Å². The number of ether oxygens (including phenoxy) is 1. The molecule has 0 aromatic heterocycles. The number of aliphatic hydroxyl groups is 1. The van der Waals surface area contributed by atoms with Gasteiger partial charge >= 0.3 is 5.97 Å². The summed E-state index contributed by atoms with van der Waals surface area (Å²) in [5.74, 6) is -4.62. The van der Waals surface area contributed by atoms with E-state index in [2.05, 4.69) is 5.32 Å². The molecular formula is C17H19FN2O5. The maximum absolute atomic E-state index is 14.3. The van der Waals surface area contributed by atoms with Gasteiger partial charge in [-0.1, -0.05) is 18.2 Å². The summed E-state index contributed by atoms with van der Waals surface area (Å²) in [6, 6.07) is 4.91. The van der Waals surface area contributed by atoms with Crippen LogP contribution in [0.2, 0.25) is 0 Å². The zero-order valence-corrected chi connectivity index (χ0v) is 13.9. The Morgan fingerprint density at radius 2 is 2.04 bits per heavy atom. The van der Waals surface area contributed by atoms with Gasteiger partial charge in [-0.15, -0.1) is 0 Å². The minimum Gasteiger partial charge on any atom is -0.468 e. The van der Waals surface area contributed by atoms with Gasteiger partial charge in [-0.05, 0) is 13.0 Å². The van der Waals surface area contributed by atoms with E-state index in [0.29, 0.717) is 0 Å². The third-order valence-corrected chi connectivity index (χ3v) is 5.10. The summed E-state index contributed by atoms with van der Waals surface area (Å²) in [6.07, 6.45) is 0. The number of hydrogen-bond donors (Lipinski definition) is 2. The summed E-state index contributed by atoms with van der Waals surface area (Å²) in [4.78, 5) is 38.9. The Morgan fingerprint density at radius 3 is 2.60 bits per heavy atom. The van der Waals surface area contributed by atoms with Crippen LogP contribution in [-0.2, 0) is 19.1 Å². The molecule has 8 heteroatoms. The van der Waals surface area contributed by atoms with Gasteiger partial charge in [0.05, 0.1) is 25.6 Å². The molecule has 2 aliphatic heterocycles. The number of imide groups is 1. The summed E-state index contributed by atoms with van der Waals surface area (Å²) >= 11 is 0. The lowest BCUT2D eigenvalue weighted by Crippen LogP contribution is -2.58. The minimum atomic E-state index is -1.79. The third kappa shape index (κ3) is 2.28. The van der Waals surface area contributed by atoms with Crippen molar-refractivity contribution < 1.29 is 28.6 Å². The molecule has 0 spiro atoms. The van der Waals surface area contributed by atoms with Crippen molar-refractivity contribution in [1.82, 2.24) is 10.2 Å². The van der Waals surface area contributed by atoms with Gasteiger partial charge in [-0.3, -0.25) is 19.8 Å². The molecule has 0 saturated carbocycles. The van der Waals surface area contributed by atoms with Crippen LogP contribution in [0.5, 0.6) is 0 Å². The van der Waals surface area contributed by atoms with E-state index >= 15 is 0 Å². The van der Waals surface area contributed by atoms with E-state index in [-0.39, 0.29) is 12.1 Å². The number of benzene rings is 1. The number of aliphatic hydroxyl groups excluding tert-OH is 1. The van der Waals surface area contributed by atoms with E-state index in [1.165, 1.54) is 18.2 Å². The van der Waals surface area contributed by atoms with Gasteiger partial charge in [0.15, 0.2) is 5.54 Å². The summed E-state index contributed by atoms with van der Waals surface area (Å²) < 4.78 is 19.1. The Labute approximate surface area is 143 Å². The van der Waals surface area contributed by atoms with E-state index in [1.54, 1.807) is 13.0 Å². The fraction of sp³-hybridized carbons (Fsp3) is 0.471. The van der Waals surface area contributed by atoms with Crippen LogP contribution in [0.4, 0.5) is 4.39 Å². The molecule has 0 unspecified atom stereocenters. The average Bonchev–Trinajstić information content (AvgIpc) is 3.09. The highest BCUT2D eigenvalue weighted by Gasteiger charge is 2.68. The Morgan fingerprint density at radius 1 is 1.36 bits per heavy atom. The maximum Gasteiger partial charge on any atom is 0.329 e. The number of carbonyl (C=O) groups excluding carboxylic acids is 3. The van der Waals surface area contributed by atoms with Crippen molar-refractivity contribution in [1.29, 1.82) is 0 Å². The van der Waals surface area contributed by atoms with Crippen molar-refractivity contribution in [2.24, 2.45) is 11.8 Å². The van der Waals surface area contributed by atoms with E-state index in [9.17, 15) is 23.9 Å². The molecule has 2 heterocycles. The molecular weight excluding hydrogens is 331 g/mol. The van der Waals surface area contributed by atoms with Crippen LogP contribution < -0.4 is 5.32 Å². The van der Waals surface area contributed by atoms with Gasteiger partial charge in [-0.2, -0.15) is 0 Å². The van der Waals surface area contributed by atoms with Crippen molar-refractivity contribution >= 4 is 17.8 Å². The molecule has 25 heavy (non-hydrogen) atoms. The van der Waals surface area contributed by atoms with Gasteiger partial charge in [0.25, 0.3) is 0 Å². The predicted molar refractivity (Wildman–Crippen MR) is 83.5 cm³/mol. The fourth-order valence-electron chi connectivity index (χ4n) is 3.95. The molecule has 1 aromatic carbocycles. The van der Waals surface area contributed by atoms with Crippen molar-refractivity contribution in [3.63, 3.8) is 0 Å². The largest absolute Gasteiger partial charge is 0.468 e. The van der Waals surface area contributed by atoms with E-state index < -0.39 is 53.6 Å². The molecule has 7 nitrogen and oxygen atoms in total. The lowest BCUT2D eigenvalue weighted by molar-refractivity contribution is -0.156. The van der Waals surface area contributed by atoms with Crippen molar-refractivity contribution in [3.05, 3.63) is 35.6 Å². The smallest absolute Gasteiger partial charge is 0.329 e. The first-order valence-electron chi connectivity index (χ1n) is 7.99. The van der Waals surface area contributed by atoms with Gasteiger partial charge in [-0.25, -0.2) is 9.18 Å². The number of carbonyl (C=O) groups is 3. The number of halogens is 1. The quantitative estimate of drug-likeness (QED) is 0.586. The molecule has 0 aliphatic carbocycles. The molecule has 2 N–H and O–H groups in total. The predicted octanol–water partition coefficient (Wildman–Crippen LogP) is -0.00480. The first-order chi connectivity index (χ1) is 11.9. The highest BCUT2D eigenvalue weighted by Crippen LogP contribution is 2.49. The van der Waals surface area contributed by atoms with Crippen molar-refractivity contribution in [3.8, 4) is 0 Å². The Hall–Kier alpha value is -2.32. The molecule has 4 atom stereocenters. The Kier molecular flexibility index (Phi) is 4.34. The van der Waals surface area contributed by atoms with E-state index in [1.807, 2.05) is 0 Å². The number of nitrogens with one attached hydrogen (secondary N) is 1. The summed E-state index contributed by atoms with van der Waals surface area (Å²) in [6.45, 7) is 1.03. The highest BCUT2D eigenvalue weighted by atomic mass is 19.1. The lowest BCUT2D eigenvalue weighted by Gasteiger charge is -2.30. The van der Waals surface area contributed by atoms with E-state index in [4.69, 9.17) is 4.74 Å². The fourth-order valence-corrected chi connectivity index (χ4v) is 3.95. The molecule has 3 rings (SSSR count). The second-order valence-electron chi connectivity index (χ2n) is 6.19. The molecule has 0 radical (unpaired) electrons. The monoisotopic (exact) mass is 350 g/mol. The number of likely N-dealkylation sites (tertiary alicyclic amines) is 1. The van der Waals surface area contributed by atoms with Crippen LogP contribution in [0, 0.1) is 17.7 Å². The number of fused-ring (bicyclic) bond motifs is 1. The first-order valence-corrected chi connectivity index (χ1v) is 7.99. The average molecular weight is 350 g/mol. The highest BCUT2D eigenvalue weighted by molar-refractivity contribution is 6.09. The Balaban J connectivity index is 2.17. The second kappa shape index (κ2) is 6.20. The Bertz CT molecular complexity index is 740. The standard InChI is InChI=1S/C17H19FN2O5/c1-3-20-14(22)11-12(15(20)23)17(8-21,16(24)25-2)19-13(11)9-6-4-5-7-10(9)18/h4-7,11-13,19,21H,3,8H2,1-2H3/t11-,12-,13-,17-/m0/s1. The van der Waals surface area contributed by atoms with Gasteiger partial charge < -0.3 is 9.84 Å². The zero-order chi connectivity index (χ0) is 18.4. The van der Waals surface area contributed by atoms with Crippen LogP contribution in [-0.4, -0.2) is 53.6 Å². The zero-order valence-electron chi connectivity index (χ0n) is 13.9. The van der Waals surface area contributed by atoms with Crippen LogP contribution in [0.3, 0.4) is 0 Å². The van der Waals surface area contributed by atoms with Crippen molar-refractivity contribution in [2.75, 3.05) is 20.3 Å². The molecule has 2 aliphatic rings. The molecule has 1 aromatic rings. The number of nitrogens with zero attached hydrogens (tertiary/aromatic N) is 1. The van der Waals surface area contributed by atoms with Gasteiger partial charge in [0.2, 0.25) is 11.8 Å². The van der Waals surface area contributed by atoms with Crippen LogP contribution in [0.15, 0.2) is 24.3 Å².